The molecule has 2 aromatic rings. The molecule has 1 aliphatic heterocycles. The van der Waals surface area contributed by atoms with Crippen LogP contribution in [0.2, 0.25) is 0 Å². The summed E-state index contributed by atoms with van der Waals surface area (Å²) in [7, 11) is 1.66. The van der Waals surface area contributed by atoms with Crippen LogP contribution in [-0.2, 0) is 5.41 Å². The largest absolute Gasteiger partial charge is 0.493 e. The second kappa shape index (κ2) is 5.54. The molecule has 0 saturated heterocycles. The number of rotatable bonds is 3. The van der Waals surface area contributed by atoms with E-state index < -0.39 is 0 Å². The van der Waals surface area contributed by atoms with Gasteiger partial charge >= 0.3 is 6.03 Å². The SMILES string of the molecule is CCN(C(=O)NC)c1ccc2c(c1)[C@]1(CCO2)C[C@H]1c1c[nH]cn1. The Balaban J connectivity index is 1.72. The molecule has 126 valence electrons. The molecule has 24 heavy (non-hydrogen) atoms. The summed E-state index contributed by atoms with van der Waals surface area (Å²) in [5.41, 5.74) is 3.34. The highest BCUT2D eigenvalue weighted by Gasteiger charge is 2.59. The lowest BCUT2D eigenvalue weighted by atomic mass is 9.86. The monoisotopic (exact) mass is 326 g/mol. The second-order valence-electron chi connectivity index (χ2n) is 6.49. The zero-order valence-corrected chi connectivity index (χ0v) is 14.0. The maximum Gasteiger partial charge on any atom is 0.321 e. The molecule has 6 heteroatoms. The molecule has 1 spiro atoms. The van der Waals surface area contributed by atoms with Crippen molar-refractivity contribution in [3.8, 4) is 5.75 Å². The van der Waals surface area contributed by atoms with Gasteiger partial charge in [-0.15, -0.1) is 0 Å². The second-order valence-corrected chi connectivity index (χ2v) is 6.49. The molecular formula is C18H22N4O2. The highest BCUT2D eigenvalue weighted by atomic mass is 16.5. The summed E-state index contributed by atoms with van der Waals surface area (Å²) in [5.74, 6) is 1.37. The lowest BCUT2D eigenvalue weighted by Crippen LogP contribution is -2.38. The number of ether oxygens (including phenoxy) is 1. The van der Waals surface area contributed by atoms with Gasteiger partial charge in [-0.3, -0.25) is 4.90 Å². The van der Waals surface area contributed by atoms with Gasteiger partial charge in [0.25, 0.3) is 0 Å². The fourth-order valence-electron chi connectivity index (χ4n) is 3.99. The van der Waals surface area contributed by atoms with Crippen LogP contribution in [0.1, 0.15) is 36.9 Å². The number of hydrogen-bond acceptors (Lipinski definition) is 3. The van der Waals surface area contributed by atoms with Gasteiger partial charge in [0.1, 0.15) is 5.75 Å². The lowest BCUT2D eigenvalue weighted by Gasteiger charge is -2.29. The van der Waals surface area contributed by atoms with Crippen LogP contribution in [0.15, 0.2) is 30.7 Å². The van der Waals surface area contributed by atoms with Crippen LogP contribution in [0.3, 0.4) is 0 Å². The molecule has 1 aliphatic carbocycles. The van der Waals surface area contributed by atoms with Gasteiger partial charge in [0.2, 0.25) is 0 Å². The highest BCUT2D eigenvalue weighted by Crippen LogP contribution is 2.65. The molecule has 1 saturated carbocycles. The molecule has 1 aromatic heterocycles. The van der Waals surface area contributed by atoms with E-state index in [1.165, 1.54) is 5.56 Å². The molecule has 2 atom stereocenters. The van der Waals surface area contributed by atoms with Gasteiger partial charge in [0.15, 0.2) is 0 Å². The van der Waals surface area contributed by atoms with E-state index in [2.05, 4.69) is 21.4 Å². The molecule has 2 amide bonds. The predicted molar refractivity (Wildman–Crippen MR) is 91.7 cm³/mol. The van der Waals surface area contributed by atoms with Gasteiger partial charge in [0.05, 0.1) is 18.6 Å². The fourth-order valence-corrected chi connectivity index (χ4v) is 3.99. The van der Waals surface area contributed by atoms with Crippen molar-refractivity contribution in [3.05, 3.63) is 42.0 Å². The Bertz CT molecular complexity index is 758. The van der Waals surface area contributed by atoms with Crippen molar-refractivity contribution in [1.82, 2.24) is 15.3 Å². The lowest BCUT2D eigenvalue weighted by molar-refractivity contribution is 0.248. The number of benzene rings is 1. The summed E-state index contributed by atoms with van der Waals surface area (Å²) in [6.07, 6.45) is 5.81. The van der Waals surface area contributed by atoms with Crippen LogP contribution in [-0.4, -0.2) is 36.2 Å². The number of fused-ring (bicyclic) bond motifs is 2. The Morgan fingerprint density at radius 3 is 3.12 bits per heavy atom. The molecule has 1 aromatic carbocycles. The van der Waals surface area contributed by atoms with Crippen molar-refractivity contribution in [3.63, 3.8) is 0 Å². The molecule has 4 rings (SSSR count). The van der Waals surface area contributed by atoms with E-state index >= 15 is 0 Å². The van der Waals surface area contributed by atoms with E-state index in [9.17, 15) is 4.79 Å². The maximum absolute atomic E-state index is 12.1. The van der Waals surface area contributed by atoms with Gasteiger partial charge in [-0.05, 0) is 38.0 Å². The number of anilines is 1. The van der Waals surface area contributed by atoms with Crippen LogP contribution >= 0.6 is 0 Å². The molecule has 0 bridgehead atoms. The third-order valence-electron chi connectivity index (χ3n) is 5.34. The first-order valence-corrected chi connectivity index (χ1v) is 8.45. The van der Waals surface area contributed by atoms with Crippen molar-refractivity contribution < 1.29 is 9.53 Å². The highest BCUT2D eigenvalue weighted by molar-refractivity contribution is 5.92. The average Bonchev–Trinajstić information content (AvgIpc) is 3.07. The summed E-state index contributed by atoms with van der Waals surface area (Å²) in [4.78, 5) is 21.4. The van der Waals surface area contributed by atoms with Gasteiger partial charge in [-0.25, -0.2) is 9.78 Å². The standard InChI is InChI=1S/C18H22N4O2/c1-3-22(17(23)19-2)12-4-5-16-13(8-12)18(6-7-24-16)9-14(18)15-10-20-11-21-15/h4-5,8,10-11,14H,3,6-7,9H2,1-2H3,(H,19,23)(H,20,21)/t14-,18-/m0/s1. The number of imidazole rings is 1. The number of hydrogen-bond donors (Lipinski definition) is 2. The number of urea groups is 1. The number of carbonyl (C=O) groups is 1. The minimum Gasteiger partial charge on any atom is -0.493 e. The smallest absolute Gasteiger partial charge is 0.321 e. The average molecular weight is 326 g/mol. The summed E-state index contributed by atoms with van der Waals surface area (Å²) in [6, 6.07) is 5.99. The Morgan fingerprint density at radius 2 is 2.42 bits per heavy atom. The van der Waals surface area contributed by atoms with Crippen LogP contribution in [0.5, 0.6) is 5.75 Å². The van der Waals surface area contributed by atoms with Gasteiger partial charge in [-0.1, -0.05) is 0 Å². The molecule has 1 fully saturated rings. The number of nitrogens with one attached hydrogen (secondary N) is 2. The number of amides is 2. The topological polar surface area (TPSA) is 70.2 Å². The molecule has 2 heterocycles. The number of carbonyl (C=O) groups excluding carboxylic acids is 1. The molecule has 0 radical (unpaired) electrons. The number of aromatic amines is 1. The molecule has 6 nitrogen and oxygen atoms in total. The van der Waals surface area contributed by atoms with Crippen molar-refractivity contribution in [2.75, 3.05) is 25.1 Å². The van der Waals surface area contributed by atoms with E-state index in [1.54, 1.807) is 18.3 Å². The Hall–Kier alpha value is -2.50. The maximum atomic E-state index is 12.1. The fraction of sp³-hybridized carbons (Fsp3) is 0.444. The molecule has 0 unspecified atom stereocenters. The summed E-state index contributed by atoms with van der Waals surface area (Å²) in [6.45, 7) is 3.33. The van der Waals surface area contributed by atoms with E-state index in [4.69, 9.17) is 4.74 Å². The van der Waals surface area contributed by atoms with E-state index in [0.29, 0.717) is 12.5 Å². The van der Waals surface area contributed by atoms with E-state index in [1.807, 2.05) is 25.3 Å². The van der Waals surface area contributed by atoms with E-state index in [0.717, 1.165) is 36.6 Å². The van der Waals surface area contributed by atoms with Crippen molar-refractivity contribution in [1.29, 1.82) is 0 Å². The van der Waals surface area contributed by atoms with Gasteiger partial charge in [0, 0.05) is 42.4 Å². The van der Waals surface area contributed by atoms with Crippen LogP contribution in [0.4, 0.5) is 10.5 Å². The summed E-state index contributed by atoms with van der Waals surface area (Å²) in [5, 5.41) is 2.70. The Labute approximate surface area is 141 Å². The Morgan fingerprint density at radius 1 is 1.54 bits per heavy atom. The zero-order chi connectivity index (χ0) is 16.7. The van der Waals surface area contributed by atoms with Gasteiger partial charge in [-0.2, -0.15) is 0 Å². The van der Waals surface area contributed by atoms with Gasteiger partial charge < -0.3 is 15.0 Å². The number of aromatic nitrogens is 2. The minimum absolute atomic E-state index is 0.0946. The minimum atomic E-state index is -0.0946. The van der Waals surface area contributed by atoms with Crippen LogP contribution < -0.4 is 15.0 Å². The predicted octanol–water partition coefficient (Wildman–Crippen LogP) is 2.78. The molecule has 2 N–H and O–H groups in total. The summed E-state index contributed by atoms with van der Waals surface area (Å²) < 4.78 is 5.87. The quantitative estimate of drug-likeness (QED) is 0.911. The third-order valence-corrected chi connectivity index (χ3v) is 5.34. The first-order chi connectivity index (χ1) is 11.7. The third kappa shape index (κ3) is 2.17. The normalized spacial score (nSPS) is 24.2. The van der Waals surface area contributed by atoms with Crippen molar-refractivity contribution in [2.24, 2.45) is 0 Å². The zero-order valence-electron chi connectivity index (χ0n) is 14.0. The van der Waals surface area contributed by atoms with Crippen LogP contribution in [0, 0.1) is 0 Å². The van der Waals surface area contributed by atoms with E-state index in [-0.39, 0.29) is 11.4 Å². The number of nitrogens with zero attached hydrogens (tertiary/aromatic N) is 2. The first-order valence-electron chi connectivity index (χ1n) is 8.45. The Kier molecular flexibility index (Phi) is 3.48. The molecular weight excluding hydrogens is 304 g/mol. The van der Waals surface area contributed by atoms with Crippen LogP contribution in [0.25, 0.3) is 0 Å². The van der Waals surface area contributed by atoms with Crippen molar-refractivity contribution >= 4 is 11.7 Å². The van der Waals surface area contributed by atoms with Crippen molar-refractivity contribution in [2.45, 2.75) is 31.1 Å². The number of H-pyrrole nitrogens is 1. The molecule has 2 aliphatic rings. The summed E-state index contributed by atoms with van der Waals surface area (Å²) >= 11 is 0. The first kappa shape index (κ1) is 15.1.